The second-order valence-corrected chi connectivity index (χ2v) is 10.6. The first-order valence-corrected chi connectivity index (χ1v) is 13.7. The molecule has 1 aliphatic carbocycles. The SMILES string of the molecule is COc1ccc(CCN([C@H]2CCN(C(=O)O)[C@H]2COC2CCC(c3cccc(F)c3)CC2)S(=O)[O-])cc1. The number of amides is 1. The van der Waals surface area contributed by atoms with Crippen LogP contribution in [0.2, 0.25) is 0 Å². The number of carboxylic acid groups (broad SMARTS) is 1. The van der Waals surface area contributed by atoms with Crippen LogP contribution < -0.4 is 4.74 Å². The van der Waals surface area contributed by atoms with Crippen LogP contribution in [0.1, 0.15) is 49.1 Å². The lowest BCUT2D eigenvalue weighted by atomic mass is 9.82. The quantitative estimate of drug-likeness (QED) is 0.456. The van der Waals surface area contributed by atoms with Crippen molar-refractivity contribution >= 4 is 17.4 Å². The minimum absolute atomic E-state index is 0.0350. The predicted molar refractivity (Wildman–Crippen MR) is 137 cm³/mol. The Bertz CT molecular complexity index is 1060. The van der Waals surface area contributed by atoms with Crippen LogP contribution >= 0.6 is 0 Å². The highest BCUT2D eigenvalue weighted by atomic mass is 32.2. The number of benzene rings is 2. The second kappa shape index (κ2) is 12.8. The van der Waals surface area contributed by atoms with Crippen LogP contribution in [-0.4, -0.2) is 74.2 Å². The molecule has 2 aliphatic rings. The van der Waals surface area contributed by atoms with Gasteiger partial charge >= 0.3 is 6.09 Å². The van der Waals surface area contributed by atoms with Gasteiger partial charge in [-0.15, -0.1) is 0 Å². The highest BCUT2D eigenvalue weighted by Crippen LogP contribution is 2.35. The average molecular weight is 534 g/mol. The summed E-state index contributed by atoms with van der Waals surface area (Å²) in [7, 11) is 1.59. The molecule has 1 saturated heterocycles. The van der Waals surface area contributed by atoms with Crippen LogP contribution in [0.15, 0.2) is 48.5 Å². The molecule has 0 radical (unpaired) electrons. The topological polar surface area (TPSA) is 102 Å². The molecule has 1 aliphatic heterocycles. The highest BCUT2D eigenvalue weighted by Gasteiger charge is 2.41. The summed E-state index contributed by atoms with van der Waals surface area (Å²) in [6, 6.07) is 13.1. The van der Waals surface area contributed by atoms with E-state index in [4.69, 9.17) is 9.47 Å². The van der Waals surface area contributed by atoms with Gasteiger partial charge in [0.15, 0.2) is 0 Å². The molecule has 1 N–H and O–H groups in total. The van der Waals surface area contributed by atoms with E-state index in [2.05, 4.69) is 0 Å². The number of carbonyl (C=O) groups is 1. The average Bonchev–Trinajstić information content (AvgIpc) is 3.32. The number of halogens is 1. The number of methoxy groups -OCH3 is 1. The monoisotopic (exact) mass is 533 g/mol. The minimum Gasteiger partial charge on any atom is -0.760 e. The number of nitrogens with zero attached hydrogens (tertiary/aromatic N) is 2. The zero-order chi connectivity index (χ0) is 26.4. The van der Waals surface area contributed by atoms with Gasteiger partial charge in [0.1, 0.15) is 11.6 Å². The first kappa shape index (κ1) is 27.5. The van der Waals surface area contributed by atoms with Crippen LogP contribution in [0, 0.1) is 5.82 Å². The number of hydrogen-bond donors (Lipinski definition) is 1. The Morgan fingerprint density at radius 2 is 1.89 bits per heavy atom. The molecule has 1 heterocycles. The van der Waals surface area contributed by atoms with E-state index in [0.717, 1.165) is 42.6 Å². The summed E-state index contributed by atoms with van der Waals surface area (Å²) in [6.07, 6.45) is 3.13. The number of hydrogen-bond acceptors (Lipinski definition) is 5. The Labute approximate surface area is 219 Å². The Hall–Kier alpha value is -2.53. The molecule has 3 atom stereocenters. The molecule has 37 heavy (non-hydrogen) atoms. The number of likely N-dealkylation sites (tertiary alicyclic amines) is 1. The predicted octanol–water partition coefficient (Wildman–Crippen LogP) is 4.34. The molecule has 2 aromatic rings. The molecular weight excluding hydrogens is 499 g/mol. The Morgan fingerprint density at radius 1 is 1.16 bits per heavy atom. The maximum Gasteiger partial charge on any atom is 0.407 e. The van der Waals surface area contributed by atoms with E-state index in [0.29, 0.717) is 12.8 Å². The molecule has 8 nitrogen and oxygen atoms in total. The van der Waals surface area contributed by atoms with E-state index in [-0.39, 0.29) is 37.5 Å². The largest absolute Gasteiger partial charge is 0.760 e. The van der Waals surface area contributed by atoms with Crippen LogP contribution in [0.25, 0.3) is 0 Å². The molecule has 0 bridgehead atoms. The van der Waals surface area contributed by atoms with Crippen molar-refractivity contribution in [3.05, 3.63) is 65.5 Å². The molecule has 2 fully saturated rings. The summed E-state index contributed by atoms with van der Waals surface area (Å²) in [5.41, 5.74) is 1.96. The molecular formula is C27H34FN2O6S-. The summed E-state index contributed by atoms with van der Waals surface area (Å²) in [5, 5.41) is 9.75. The van der Waals surface area contributed by atoms with Crippen molar-refractivity contribution in [1.82, 2.24) is 9.21 Å². The van der Waals surface area contributed by atoms with Crippen molar-refractivity contribution in [2.24, 2.45) is 0 Å². The fourth-order valence-electron chi connectivity index (χ4n) is 5.55. The normalized spacial score (nSPS) is 24.8. The van der Waals surface area contributed by atoms with Gasteiger partial charge in [-0.3, -0.25) is 4.21 Å². The van der Waals surface area contributed by atoms with Gasteiger partial charge in [0.25, 0.3) is 0 Å². The maximum atomic E-state index is 13.6. The molecule has 1 saturated carbocycles. The first-order chi connectivity index (χ1) is 17.9. The van der Waals surface area contributed by atoms with Gasteiger partial charge in [0.05, 0.1) is 25.9 Å². The third kappa shape index (κ3) is 7.07. The van der Waals surface area contributed by atoms with E-state index in [1.807, 2.05) is 30.3 Å². The van der Waals surface area contributed by atoms with E-state index in [1.165, 1.54) is 15.3 Å². The lowest BCUT2D eigenvalue weighted by molar-refractivity contribution is -0.00937. The van der Waals surface area contributed by atoms with Crippen molar-refractivity contribution in [1.29, 1.82) is 0 Å². The summed E-state index contributed by atoms with van der Waals surface area (Å²) in [6.45, 7) is 0.648. The van der Waals surface area contributed by atoms with Crippen molar-refractivity contribution in [2.45, 2.75) is 62.6 Å². The van der Waals surface area contributed by atoms with Gasteiger partial charge in [-0.1, -0.05) is 24.3 Å². The Morgan fingerprint density at radius 3 is 2.51 bits per heavy atom. The lowest BCUT2D eigenvalue weighted by Crippen LogP contribution is -2.50. The zero-order valence-corrected chi connectivity index (χ0v) is 21.8. The van der Waals surface area contributed by atoms with Gasteiger partial charge in [-0.25, -0.2) is 13.5 Å². The van der Waals surface area contributed by atoms with Crippen molar-refractivity contribution in [3.8, 4) is 5.75 Å². The zero-order valence-electron chi connectivity index (χ0n) is 21.0. The standard InChI is InChI=1S/C27H35FN2O6S/c1-35-23-9-5-19(6-10-23)13-16-30(37(33)34)25-14-15-29(27(31)32)26(25)18-36-24-11-7-20(8-12-24)21-3-2-4-22(28)17-21/h2-6,9-10,17,20,24-26H,7-8,11-16,18H2,1H3,(H,31,32)(H,33,34)/p-1/t20?,24?,25-,26-/m0/s1. The van der Waals surface area contributed by atoms with E-state index < -0.39 is 29.4 Å². The summed E-state index contributed by atoms with van der Waals surface area (Å²) < 4.78 is 50.7. The third-order valence-electron chi connectivity index (χ3n) is 7.59. The Balaban J connectivity index is 1.36. The van der Waals surface area contributed by atoms with Crippen molar-refractivity contribution in [2.75, 3.05) is 26.8 Å². The van der Waals surface area contributed by atoms with Gasteiger partial charge in [0, 0.05) is 30.4 Å². The summed E-state index contributed by atoms with van der Waals surface area (Å²) in [4.78, 5) is 13.2. The maximum absolute atomic E-state index is 13.6. The van der Waals surface area contributed by atoms with Crippen molar-refractivity contribution in [3.63, 3.8) is 0 Å². The van der Waals surface area contributed by atoms with Crippen LogP contribution in [-0.2, 0) is 22.4 Å². The second-order valence-electron chi connectivity index (χ2n) is 9.72. The summed E-state index contributed by atoms with van der Waals surface area (Å²) >= 11 is -2.51. The Kier molecular flexibility index (Phi) is 9.53. The van der Waals surface area contributed by atoms with Crippen LogP contribution in [0.3, 0.4) is 0 Å². The fraction of sp³-hybridized carbons (Fsp3) is 0.519. The van der Waals surface area contributed by atoms with E-state index in [9.17, 15) is 23.1 Å². The minimum atomic E-state index is -2.51. The van der Waals surface area contributed by atoms with Gasteiger partial charge in [-0.2, -0.15) is 0 Å². The molecule has 4 rings (SSSR count). The molecule has 1 amide bonds. The van der Waals surface area contributed by atoms with E-state index >= 15 is 0 Å². The lowest BCUT2D eigenvalue weighted by Gasteiger charge is -2.36. The molecule has 202 valence electrons. The molecule has 10 heteroatoms. The number of rotatable bonds is 10. The van der Waals surface area contributed by atoms with Gasteiger partial charge in [0.2, 0.25) is 0 Å². The molecule has 1 unspecified atom stereocenters. The van der Waals surface area contributed by atoms with Gasteiger partial charge in [-0.05, 0) is 79.8 Å². The molecule has 2 aromatic carbocycles. The van der Waals surface area contributed by atoms with Crippen LogP contribution in [0.5, 0.6) is 5.75 Å². The number of ether oxygens (including phenoxy) is 2. The first-order valence-electron chi connectivity index (χ1n) is 12.7. The fourth-order valence-corrected chi connectivity index (χ4v) is 6.26. The summed E-state index contributed by atoms with van der Waals surface area (Å²) in [5.74, 6) is 0.772. The smallest absolute Gasteiger partial charge is 0.407 e. The van der Waals surface area contributed by atoms with E-state index in [1.54, 1.807) is 19.2 Å². The van der Waals surface area contributed by atoms with Gasteiger partial charge < -0.3 is 24.0 Å². The third-order valence-corrected chi connectivity index (χ3v) is 8.43. The van der Waals surface area contributed by atoms with Crippen molar-refractivity contribution < 1.29 is 32.5 Å². The highest BCUT2D eigenvalue weighted by molar-refractivity contribution is 7.76. The molecule has 0 aromatic heterocycles. The van der Waals surface area contributed by atoms with Crippen LogP contribution in [0.4, 0.5) is 9.18 Å². The molecule has 0 spiro atoms.